The van der Waals surface area contributed by atoms with E-state index in [2.05, 4.69) is 38.1 Å². The number of amides is 1. The van der Waals surface area contributed by atoms with Crippen LogP contribution >= 0.6 is 11.3 Å². The normalized spacial score (nSPS) is 21.6. The number of aryl methyl sites for hydroxylation is 1. The number of nitrogens with zero attached hydrogens (tertiary/aromatic N) is 1. The Balaban J connectivity index is 1.55. The first kappa shape index (κ1) is 16.8. The summed E-state index contributed by atoms with van der Waals surface area (Å²) in [5.74, 6) is 0.164. The van der Waals surface area contributed by atoms with Crippen molar-refractivity contribution >= 4 is 17.2 Å². The number of aliphatic hydroxyl groups excluding tert-OH is 1. The van der Waals surface area contributed by atoms with Crippen LogP contribution in [-0.2, 0) is 18.3 Å². The predicted octanol–water partition coefficient (Wildman–Crippen LogP) is 3.71. The highest BCUT2D eigenvalue weighted by Crippen LogP contribution is 2.46. The van der Waals surface area contributed by atoms with Crippen LogP contribution < -0.4 is 0 Å². The zero-order chi connectivity index (χ0) is 17.6. The lowest BCUT2D eigenvalue weighted by Gasteiger charge is -2.42. The van der Waals surface area contributed by atoms with Crippen molar-refractivity contribution in [3.8, 4) is 0 Å². The molecule has 2 aromatic rings. The van der Waals surface area contributed by atoms with E-state index < -0.39 is 0 Å². The average molecular weight is 356 g/mol. The number of carbonyl (C=O) groups excluding carboxylic acids is 1. The van der Waals surface area contributed by atoms with Gasteiger partial charge in [0.15, 0.2) is 0 Å². The van der Waals surface area contributed by atoms with Gasteiger partial charge in [0.2, 0.25) is 0 Å². The van der Waals surface area contributed by atoms with Crippen molar-refractivity contribution in [3.63, 3.8) is 0 Å². The van der Waals surface area contributed by atoms with E-state index in [4.69, 9.17) is 0 Å². The number of benzene rings is 1. The largest absolute Gasteiger partial charge is 0.392 e. The summed E-state index contributed by atoms with van der Waals surface area (Å²) < 4.78 is 0. The maximum Gasteiger partial charge on any atom is 0.254 e. The minimum absolute atomic E-state index is 0.161. The Labute approximate surface area is 153 Å². The van der Waals surface area contributed by atoms with Crippen LogP contribution in [0.25, 0.3) is 0 Å². The van der Waals surface area contributed by atoms with Gasteiger partial charge in [-0.15, -0.1) is 11.3 Å². The van der Waals surface area contributed by atoms with E-state index in [1.54, 1.807) is 11.3 Å². The third kappa shape index (κ3) is 2.54. The molecule has 1 atom stereocenters. The van der Waals surface area contributed by atoms with Gasteiger partial charge in [0.05, 0.1) is 11.7 Å². The Morgan fingerprint density at radius 3 is 2.76 bits per heavy atom. The quantitative estimate of drug-likeness (QED) is 0.892. The maximum atomic E-state index is 13.0. The summed E-state index contributed by atoms with van der Waals surface area (Å²) in [6, 6.07) is 8.42. The molecule has 0 radical (unpaired) electrons. The van der Waals surface area contributed by atoms with Crippen molar-refractivity contribution in [1.29, 1.82) is 0 Å². The van der Waals surface area contributed by atoms with Crippen LogP contribution in [0.1, 0.15) is 51.7 Å². The monoisotopic (exact) mass is 355 g/mol. The molecule has 1 aliphatic heterocycles. The summed E-state index contributed by atoms with van der Waals surface area (Å²) in [5, 5.41) is 12.8. The summed E-state index contributed by atoms with van der Waals surface area (Å²) in [6.45, 7) is 5.66. The molecule has 1 amide bonds. The zero-order valence-electron chi connectivity index (χ0n) is 14.9. The topological polar surface area (TPSA) is 40.5 Å². The molecule has 1 N–H and O–H groups in total. The lowest BCUT2D eigenvalue weighted by atomic mass is 9.72. The highest BCUT2D eigenvalue weighted by molar-refractivity contribution is 7.10. The van der Waals surface area contributed by atoms with Gasteiger partial charge in [0.25, 0.3) is 5.91 Å². The number of hydrogen-bond donors (Lipinski definition) is 1. The maximum absolute atomic E-state index is 13.0. The number of piperidine rings is 1. The number of thiophene rings is 1. The van der Waals surface area contributed by atoms with Gasteiger partial charge in [-0.3, -0.25) is 4.79 Å². The summed E-state index contributed by atoms with van der Waals surface area (Å²) in [6.07, 6.45) is 3.02. The highest BCUT2D eigenvalue weighted by atomic mass is 32.1. The first-order chi connectivity index (χ1) is 12.1. The fraction of sp³-hybridized carbons (Fsp3) is 0.476. The van der Waals surface area contributed by atoms with Gasteiger partial charge >= 0.3 is 0 Å². The molecule has 1 spiro atoms. The van der Waals surface area contributed by atoms with Gasteiger partial charge in [0.1, 0.15) is 0 Å². The molecule has 1 aromatic carbocycles. The van der Waals surface area contributed by atoms with Crippen LogP contribution in [0.4, 0.5) is 0 Å². The van der Waals surface area contributed by atoms with Gasteiger partial charge in [-0.2, -0.15) is 0 Å². The number of rotatable bonds is 2. The van der Waals surface area contributed by atoms with E-state index in [1.807, 2.05) is 10.3 Å². The first-order valence-electron chi connectivity index (χ1n) is 9.19. The van der Waals surface area contributed by atoms with Crippen molar-refractivity contribution in [1.82, 2.24) is 4.90 Å². The Morgan fingerprint density at radius 1 is 1.32 bits per heavy atom. The number of fused-ring (bicyclic) bond motifs is 2. The van der Waals surface area contributed by atoms with Gasteiger partial charge in [-0.05, 0) is 49.3 Å². The predicted molar refractivity (Wildman–Crippen MR) is 101 cm³/mol. The number of hydrogen-bond acceptors (Lipinski definition) is 3. The molecule has 3 nitrogen and oxygen atoms in total. The van der Waals surface area contributed by atoms with Crippen molar-refractivity contribution < 1.29 is 9.90 Å². The minimum Gasteiger partial charge on any atom is -0.392 e. The zero-order valence-corrected chi connectivity index (χ0v) is 15.7. The van der Waals surface area contributed by atoms with Crippen LogP contribution in [0.15, 0.2) is 29.6 Å². The van der Waals surface area contributed by atoms with Crippen molar-refractivity contribution in [2.24, 2.45) is 0 Å². The Hall–Kier alpha value is -1.65. The average Bonchev–Trinajstić information content (AvgIpc) is 3.13. The van der Waals surface area contributed by atoms with Crippen LogP contribution in [0.5, 0.6) is 0 Å². The second-order valence-corrected chi connectivity index (χ2v) is 8.45. The van der Waals surface area contributed by atoms with E-state index in [0.717, 1.165) is 44.3 Å². The molecule has 1 unspecified atom stereocenters. The fourth-order valence-corrected chi connectivity index (χ4v) is 5.68. The molecule has 0 saturated carbocycles. The van der Waals surface area contributed by atoms with E-state index in [0.29, 0.717) is 0 Å². The van der Waals surface area contributed by atoms with Gasteiger partial charge in [-0.25, -0.2) is 0 Å². The number of likely N-dealkylation sites (tertiary alicyclic amines) is 1. The molecule has 1 aromatic heterocycles. The van der Waals surface area contributed by atoms with E-state index in [1.165, 1.54) is 21.6 Å². The molecule has 132 valence electrons. The second-order valence-electron chi connectivity index (χ2n) is 7.36. The molecule has 0 bridgehead atoms. The molecule has 1 fully saturated rings. The van der Waals surface area contributed by atoms with E-state index >= 15 is 0 Å². The summed E-state index contributed by atoms with van der Waals surface area (Å²) in [7, 11) is 0. The molecule has 2 heterocycles. The molecule has 1 aliphatic carbocycles. The van der Waals surface area contributed by atoms with E-state index in [9.17, 15) is 9.90 Å². The molecule has 1 saturated heterocycles. The Kier molecular flexibility index (Phi) is 4.20. The molecule has 25 heavy (non-hydrogen) atoms. The molecule has 4 rings (SSSR count). The highest BCUT2D eigenvalue weighted by Gasteiger charge is 2.48. The van der Waals surface area contributed by atoms with Gasteiger partial charge in [-0.1, -0.05) is 31.2 Å². The van der Waals surface area contributed by atoms with E-state index in [-0.39, 0.29) is 17.4 Å². The second kappa shape index (κ2) is 6.26. The first-order valence-corrected chi connectivity index (χ1v) is 10.1. The summed E-state index contributed by atoms with van der Waals surface area (Å²) in [5.41, 5.74) is 4.49. The number of carbonyl (C=O) groups is 1. The Morgan fingerprint density at radius 2 is 2.04 bits per heavy atom. The molecule has 2 aliphatic rings. The lowest BCUT2D eigenvalue weighted by molar-refractivity contribution is 0.0365. The van der Waals surface area contributed by atoms with Crippen LogP contribution in [0, 0.1) is 6.92 Å². The van der Waals surface area contributed by atoms with Crippen molar-refractivity contribution in [2.45, 2.75) is 51.0 Å². The van der Waals surface area contributed by atoms with Crippen molar-refractivity contribution in [2.75, 3.05) is 13.1 Å². The van der Waals surface area contributed by atoms with Crippen molar-refractivity contribution in [3.05, 3.63) is 56.8 Å². The smallest absolute Gasteiger partial charge is 0.254 e. The standard InChI is InChI=1S/C21H25NO2S/c1-3-16-14(2)25-13-17(16)20(24)22-10-8-21(9-11-22)18-7-5-4-6-15(18)12-19(21)23/h4-7,13,19,23H,3,8-12H2,1-2H3. The SMILES string of the molecule is CCc1c(C(=O)N2CCC3(CC2)c2ccccc2CC3O)csc1C. The van der Waals surface area contributed by atoms with Gasteiger partial charge < -0.3 is 10.0 Å². The Bertz CT molecular complexity index is 802. The third-order valence-corrected chi connectivity index (χ3v) is 7.19. The van der Waals surface area contributed by atoms with Crippen LogP contribution in [-0.4, -0.2) is 35.1 Å². The summed E-state index contributed by atoms with van der Waals surface area (Å²) in [4.78, 5) is 16.2. The third-order valence-electron chi connectivity index (χ3n) is 6.24. The number of aliphatic hydroxyl groups is 1. The van der Waals surface area contributed by atoms with Gasteiger partial charge in [0, 0.05) is 28.8 Å². The van der Waals surface area contributed by atoms with Crippen LogP contribution in [0.2, 0.25) is 0 Å². The minimum atomic E-state index is -0.322. The molecular formula is C21H25NO2S. The fourth-order valence-electron chi connectivity index (χ4n) is 4.75. The molecule has 4 heteroatoms. The lowest BCUT2D eigenvalue weighted by Crippen LogP contribution is -2.49. The molecular weight excluding hydrogens is 330 g/mol. The van der Waals surface area contributed by atoms with Crippen LogP contribution in [0.3, 0.4) is 0 Å². The summed E-state index contributed by atoms with van der Waals surface area (Å²) >= 11 is 1.67.